The summed E-state index contributed by atoms with van der Waals surface area (Å²) in [7, 11) is 1.72. The highest BCUT2D eigenvalue weighted by Crippen LogP contribution is 2.08. The lowest BCUT2D eigenvalue weighted by atomic mass is 10.0. The predicted molar refractivity (Wildman–Crippen MR) is 75.3 cm³/mol. The molecular weight excluding hydrogens is 212 g/mol. The van der Waals surface area contributed by atoms with Crippen LogP contribution in [0.4, 0.5) is 0 Å². The van der Waals surface area contributed by atoms with Crippen molar-refractivity contribution in [2.45, 2.75) is 58.4 Å². The van der Waals surface area contributed by atoms with Gasteiger partial charge in [0.25, 0.3) is 0 Å². The van der Waals surface area contributed by atoms with E-state index in [1.807, 2.05) is 0 Å². The number of hydrogen-bond donors (Lipinski definition) is 2. The van der Waals surface area contributed by atoms with Crippen molar-refractivity contribution in [1.82, 2.24) is 5.32 Å². The number of methoxy groups -OCH3 is 1. The average molecular weight is 244 g/mol. The van der Waals surface area contributed by atoms with Gasteiger partial charge >= 0.3 is 0 Å². The number of ether oxygens (including phenoxy) is 1. The third-order valence-corrected chi connectivity index (χ3v) is 2.98. The maximum absolute atomic E-state index is 5.91. The van der Waals surface area contributed by atoms with Crippen molar-refractivity contribution in [2.75, 3.05) is 26.8 Å². The van der Waals surface area contributed by atoms with Crippen molar-refractivity contribution in [2.24, 2.45) is 11.7 Å². The first kappa shape index (κ1) is 16.9. The van der Waals surface area contributed by atoms with Crippen molar-refractivity contribution in [3.63, 3.8) is 0 Å². The minimum atomic E-state index is 0.232. The SMILES string of the molecule is COCCC(N)CNCCCCCCC(C)C. The Balaban J connectivity index is 3.07. The molecule has 3 heteroatoms. The summed E-state index contributed by atoms with van der Waals surface area (Å²) >= 11 is 0. The second-order valence-corrected chi connectivity index (χ2v) is 5.34. The Hall–Kier alpha value is -0.120. The lowest BCUT2D eigenvalue weighted by Crippen LogP contribution is -2.35. The van der Waals surface area contributed by atoms with E-state index in [1.165, 1.54) is 32.1 Å². The molecule has 3 N–H and O–H groups in total. The molecule has 0 saturated carbocycles. The van der Waals surface area contributed by atoms with E-state index in [0.717, 1.165) is 32.0 Å². The Kier molecular flexibility index (Phi) is 12.3. The summed E-state index contributed by atoms with van der Waals surface area (Å²) in [5.41, 5.74) is 5.91. The number of nitrogens with one attached hydrogen (secondary N) is 1. The van der Waals surface area contributed by atoms with Crippen LogP contribution in [0.25, 0.3) is 0 Å². The molecule has 0 aliphatic rings. The third kappa shape index (κ3) is 13.8. The van der Waals surface area contributed by atoms with Crippen LogP contribution >= 0.6 is 0 Å². The van der Waals surface area contributed by atoms with Gasteiger partial charge in [0.1, 0.15) is 0 Å². The van der Waals surface area contributed by atoms with Crippen LogP contribution in [0.1, 0.15) is 52.4 Å². The largest absolute Gasteiger partial charge is 0.385 e. The lowest BCUT2D eigenvalue weighted by molar-refractivity contribution is 0.187. The molecular formula is C14H32N2O. The summed E-state index contributed by atoms with van der Waals surface area (Å²) in [6, 6.07) is 0.232. The second kappa shape index (κ2) is 12.3. The van der Waals surface area contributed by atoms with Crippen LogP contribution in [0.3, 0.4) is 0 Å². The van der Waals surface area contributed by atoms with Crippen LogP contribution < -0.4 is 11.1 Å². The summed E-state index contributed by atoms with van der Waals surface area (Å²) in [5.74, 6) is 0.854. The van der Waals surface area contributed by atoms with Crippen LogP contribution in [-0.4, -0.2) is 32.8 Å². The topological polar surface area (TPSA) is 47.3 Å². The molecule has 0 rings (SSSR count). The van der Waals surface area contributed by atoms with E-state index in [-0.39, 0.29) is 6.04 Å². The molecule has 0 radical (unpaired) electrons. The fraction of sp³-hybridized carbons (Fsp3) is 1.00. The quantitative estimate of drug-likeness (QED) is 0.519. The fourth-order valence-electron chi connectivity index (χ4n) is 1.81. The molecule has 0 aromatic rings. The zero-order chi connectivity index (χ0) is 12.9. The Bertz CT molecular complexity index is 151. The van der Waals surface area contributed by atoms with Crippen LogP contribution in [-0.2, 0) is 4.74 Å². The highest BCUT2D eigenvalue weighted by Gasteiger charge is 2.00. The van der Waals surface area contributed by atoms with Crippen molar-refractivity contribution in [1.29, 1.82) is 0 Å². The van der Waals surface area contributed by atoms with Gasteiger partial charge in [-0.1, -0.05) is 39.5 Å². The van der Waals surface area contributed by atoms with Gasteiger partial charge in [-0.2, -0.15) is 0 Å². The highest BCUT2D eigenvalue weighted by molar-refractivity contribution is 4.64. The Labute approximate surface area is 107 Å². The van der Waals surface area contributed by atoms with Gasteiger partial charge in [0.2, 0.25) is 0 Å². The molecule has 0 aliphatic carbocycles. The third-order valence-electron chi connectivity index (χ3n) is 2.98. The van der Waals surface area contributed by atoms with Gasteiger partial charge in [-0.15, -0.1) is 0 Å². The smallest absolute Gasteiger partial charge is 0.0477 e. The van der Waals surface area contributed by atoms with Gasteiger partial charge in [0.05, 0.1) is 0 Å². The van der Waals surface area contributed by atoms with Crippen molar-refractivity contribution in [3.8, 4) is 0 Å². The Morgan fingerprint density at radius 1 is 1.06 bits per heavy atom. The molecule has 3 nitrogen and oxygen atoms in total. The van der Waals surface area contributed by atoms with Gasteiger partial charge in [-0.3, -0.25) is 0 Å². The van der Waals surface area contributed by atoms with E-state index >= 15 is 0 Å². The molecule has 0 aromatic heterocycles. The van der Waals surface area contributed by atoms with Crippen LogP contribution in [0.2, 0.25) is 0 Å². The van der Waals surface area contributed by atoms with Gasteiger partial charge in [0, 0.05) is 26.3 Å². The fourth-order valence-corrected chi connectivity index (χ4v) is 1.81. The van der Waals surface area contributed by atoms with Crippen LogP contribution in [0.15, 0.2) is 0 Å². The molecule has 0 saturated heterocycles. The Morgan fingerprint density at radius 2 is 1.76 bits per heavy atom. The predicted octanol–water partition coefficient (Wildman–Crippen LogP) is 2.55. The molecule has 0 aliphatic heterocycles. The molecule has 17 heavy (non-hydrogen) atoms. The summed E-state index contributed by atoms with van der Waals surface area (Å²) in [6.45, 7) is 7.36. The zero-order valence-corrected chi connectivity index (χ0v) is 12.0. The van der Waals surface area contributed by atoms with Crippen molar-refractivity contribution < 1.29 is 4.74 Å². The first-order valence-electron chi connectivity index (χ1n) is 7.12. The standard InChI is InChI=1S/C14H32N2O/c1-13(2)8-6-4-5-7-10-16-12-14(15)9-11-17-3/h13-14,16H,4-12,15H2,1-3H3. The number of rotatable bonds is 12. The zero-order valence-electron chi connectivity index (χ0n) is 12.0. The van der Waals surface area contributed by atoms with E-state index < -0.39 is 0 Å². The summed E-state index contributed by atoms with van der Waals surface area (Å²) in [6.07, 6.45) is 7.68. The van der Waals surface area contributed by atoms with Gasteiger partial charge in [0.15, 0.2) is 0 Å². The highest BCUT2D eigenvalue weighted by atomic mass is 16.5. The van der Waals surface area contributed by atoms with E-state index in [2.05, 4.69) is 19.2 Å². The maximum atomic E-state index is 5.91. The van der Waals surface area contributed by atoms with E-state index in [1.54, 1.807) is 7.11 Å². The van der Waals surface area contributed by atoms with Gasteiger partial charge in [-0.25, -0.2) is 0 Å². The Morgan fingerprint density at radius 3 is 2.41 bits per heavy atom. The van der Waals surface area contributed by atoms with Crippen molar-refractivity contribution >= 4 is 0 Å². The molecule has 0 fully saturated rings. The van der Waals surface area contributed by atoms with E-state index in [0.29, 0.717) is 0 Å². The molecule has 0 aromatic carbocycles. The van der Waals surface area contributed by atoms with E-state index in [9.17, 15) is 0 Å². The first-order chi connectivity index (χ1) is 8.16. The van der Waals surface area contributed by atoms with Crippen LogP contribution in [0, 0.1) is 5.92 Å². The molecule has 1 atom stereocenters. The maximum Gasteiger partial charge on any atom is 0.0477 e. The minimum Gasteiger partial charge on any atom is -0.385 e. The molecule has 0 spiro atoms. The molecule has 0 amide bonds. The molecule has 0 heterocycles. The second-order valence-electron chi connectivity index (χ2n) is 5.34. The summed E-state index contributed by atoms with van der Waals surface area (Å²) in [4.78, 5) is 0. The van der Waals surface area contributed by atoms with Gasteiger partial charge in [-0.05, 0) is 25.3 Å². The summed E-state index contributed by atoms with van der Waals surface area (Å²) < 4.78 is 5.00. The average Bonchev–Trinajstić information content (AvgIpc) is 2.29. The molecule has 0 bridgehead atoms. The van der Waals surface area contributed by atoms with Gasteiger partial charge < -0.3 is 15.8 Å². The van der Waals surface area contributed by atoms with E-state index in [4.69, 9.17) is 10.5 Å². The molecule has 1 unspecified atom stereocenters. The number of unbranched alkanes of at least 4 members (excludes halogenated alkanes) is 3. The minimum absolute atomic E-state index is 0.232. The normalized spacial score (nSPS) is 13.2. The number of hydrogen-bond acceptors (Lipinski definition) is 3. The van der Waals surface area contributed by atoms with Crippen molar-refractivity contribution in [3.05, 3.63) is 0 Å². The first-order valence-corrected chi connectivity index (χ1v) is 7.12. The molecule has 104 valence electrons. The number of nitrogens with two attached hydrogens (primary N) is 1. The lowest BCUT2D eigenvalue weighted by Gasteiger charge is -2.12. The van der Waals surface area contributed by atoms with Crippen LogP contribution in [0.5, 0.6) is 0 Å². The monoisotopic (exact) mass is 244 g/mol. The summed E-state index contributed by atoms with van der Waals surface area (Å²) in [5, 5.41) is 3.41.